The monoisotopic (exact) mass is 239 g/mol. The van der Waals surface area contributed by atoms with Crippen LogP contribution in [0.1, 0.15) is 58.3 Å². The van der Waals surface area contributed by atoms with Crippen molar-refractivity contribution < 1.29 is 4.74 Å². The van der Waals surface area contributed by atoms with E-state index >= 15 is 0 Å². The number of ether oxygens (including phenoxy) is 1. The van der Waals surface area contributed by atoms with E-state index in [1.165, 1.54) is 57.9 Å². The summed E-state index contributed by atoms with van der Waals surface area (Å²) in [6, 6.07) is 0.723. The summed E-state index contributed by atoms with van der Waals surface area (Å²) in [5.41, 5.74) is 0. The van der Waals surface area contributed by atoms with Gasteiger partial charge >= 0.3 is 0 Å². The van der Waals surface area contributed by atoms with Crippen LogP contribution in [0.15, 0.2) is 0 Å². The first-order chi connectivity index (χ1) is 8.40. The van der Waals surface area contributed by atoms with Crippen LogP contribution in [0.5, 0.6) is 0 Å². The third-order valence-electron chi connectivity index (χ3n) is 4.50. The molecule has 1 aliphatic heterocycles. The number of nitrogens with one attached hydrogen (secondary N) is 1. The molecule has 2 fully saturated rings. The first-order valence-corrected chi connectivity index (χ1v) is 7.71. The lowest BCUT2D eigenvalue weighted by Gasteiger charge is -2.30. The summed E-state index contributed by atoms with van der Waals surface area (Å²) in [6.07, 6.45) is 11.3. The van der Waals surface area contributed by atoms with Crippen molar-refractivity contribution in [2.24, 2.45) is 11.8 Å². The molecule has 0 aromatic heterocycles. The van der Waals surface area contributed by atoms with Gasteiger partial charge in [-0.1, -0.05) is 39.0 Å². The van der Waals surface area contributed by atoms with Gasteiger partial charge in [0.1, 0.15) is 0 Å². The van der Waals surface area contributed by atoms with E-state index in [1.54, 1.807) is 0 Å². The zero-order valence-electron chi connectivity index (χ0n) is 11.4. The van der Waals surface area contributed by atoms with Crippen molar-refractivity contribution in [3.63, 3.8) is 0 Å². The third-order valence-corrected chi connectivity index (χ3v) is 4.50. The number of hydrogen-bond acceptors (Lipinski definition) is 2. The molecular weight excluding hydrogens is 210 g/mol. The largest absolute Gasteiger partial charge is 0.381 e. The summed E-state index contributed by atoms with van der Waals surface area (Å²) in [6.45, 7) is 5.41. The second-order valence-corrected chi connectivity index (χ2v) is 5.92. The number of hydrogen-bond donors (Lipinski definition) is 1. The maximum Gasteiger partial charge on any atom is 0.0510 e. The highest BCUT2D eigenvalue weighted by atomic mass is 16.5. The Balaban J connectivity index is 1.80. The van der Waals surface area contributed by atoms with Gasteiger partial charge in [-0.25, -0.2) is 0 Å². The van der Waals surface area contributed by atoms with Gasteiger partial charge in [0, 0.05) is 12.6 Å². The van der Waals surface area contributed by atoms with Gasteiger partial charge in [-0.15, -0.1) is 0 Å². The van der Waals surface area contributed by atoms with Crippen LogP contribution in [0.3, 0.4) is 0 Å². The summed E-state index contributed by atoms with van der Waals surface area (Å²) < 4.78 is 5.57. The lowest BCUT2D eigenvalue weighted by Crippen LogP contribution is -2.39. The first kappa shape index (κ1) is 13.4. The summed E-state index contributed by atoms with van der Waals surface area (Å²) in [7, 11) is 0. The fraction of sp³-hybridized carbons (Fsp3) is 1.00. The normalized spacial score (nSPS) is 28.4. The minimum absolute atomic E-state index is 0.723. The lowest BCUT2D eigenvalue weighted by molar-refractivity contribution is 0.168. The molecule has 2 unspecified atom stereocenters. The van der Waals surface area contributed by atoms with Gasteiger partial charge in [-0.3, -0.25) is 0 Å². The van der Waals surface area contributed by atoms with Gasteiger partial charge in [0.15, 0.2) is 0 Å². The highest BCUT2D eigenvalue weighted by molar-refractivity contribution is 4.82. The van der Waals surface area contributed by atoms with Gasteiger partial charge < -0.3 is 10.1 Å². The molecule has 0 aromatic carbocycles. The van der Waals surface area contributed by atoms with Gasteiger partial charge in [0.2, 0.25) is 0 Å². The van der Waals surface area contributed by atoms with Crippen molar-refractivity contribution in [3.05, 3.63) is 0 Å². The Hall–Kier alpha value is -0.0800. The molecule has 0 bridgehead atoms. The fourth-order valence-corrected chi connectivity index (χ4v) is 3.42. The van der Waals surface area contributed by atoms with Crippen LogP contribution in [0.2, 0.25) is 0 Å². The zero-order valence-corrected chi connectivity index (χ0v) is 11.4. The maximum atomic E-state index is 5.57. The smallest absolute Gasteiger partial charge is 0.0510 e. The van der Waals surface area contributed by atoms with Crippen molar-refractivity contribution in [2.75, 3.05) is 19.8 Å². The predicted molar refractivity (Wildman–Crippen MR) is 72.2 cm³/mol. The molecule has 2 nitrogen and oxygen atoms in total. The molecule has 0 aromatic rings. The molecule has 1 aliphatic carbocycles. The molecule has 2 atom stereocenters. The summed E-state index contributed by atoms with van der Waals surface area (Å²) >= 11 is 0. The summed E-state index contributed by atoms with van der Waals surface area (Å²) in [4.78, 5) is 0. The Morgan fingerprint density at radius 1 is 1.18 bits per heavy atom. The van der Waals surface area contributed by atoms with E-state index in [-0.39, 0.29) is 0 Å². The SMILES string of the molecule is CCCNC(CC1CCCCC1)C1CCOC1. The summed E-state index contributed by atoms with van der Waals surface area (Å²) in [5, 5.41) is 3.78. The highest BCUT2D eigenvalue weighted by Gasteiger charge is 2.28. The molecular formula is C15H29NO. The molecule has 100 valence electrons. The van der Waals surface area contributed by atoms with E-state index in [2.05, 4.69) is 12.2 Å². The second-order valence-electron chi connectivity index (χ2n) is 5.92. The minimum atomic E-state index is 0.723. The van der Waals surface area contributed by atoms with E-state index in [0.717, 1.165) is 31.1 Å². The van der Waals surface area contributed by atoms with E-state index < -0.39 is 0 Å². The summed E-state index contributed by atoms with van der Waals surface area (Å²) in [5.74, 6) is 1.77. The lowest BCUT2D eigenvalue weighted by atomic mass is 9.81. The standard InChI is InChI=1S/C15H29NO/c1-2-9-16-15(14-8-10-17-12-14)11-13-6-4-3-5-7-13/h13-16H,2-12H2,1H3. The average molecular weight is 239 g/mol. The van der Waals surface area contributed by atoms with Gasteiger partial charge in [0.25, 0.3) is 0 Å². The predicted octanol–water partition coefficient (Wildman–Crippen LogP) is 3.36. The fourth-order valence-electron chi connectivity index (χ4n) is 3.42. The molecule has 1 saturated carbocycles. The third kappa shape index (κ3) is 4.26. The minimum Gasteiger partial charge on any atom is -0.381 e. The van der Waals surface area contributed by atoms with Crippen molar-refractivity contribution >= 4 is 0 Å². The van der Waals surface area contributed by atoms with Crippen LogP contribution in [-0.2, 0) is 4.74 Å². The van der Waals surface area contributed by atoms with Crippen LogP contribution in [-0.4, -0.2) is 25.8 Å². The molecule has 1 heterocycles. The maximum absolute atomic E-state index is 5.57. The molecule has 1 N–H and O–H groups in total. The number of rotatable bonds is 6. The molecule has 0 spiro atoms. The van der Waals surface area contributed by atoms with Crippen LogP contribution in [0.25, 0.3) is 0 Å². The molecule has 2 heteroatoms. The molecule has 2 rings (SSSR count). The molecule has 1 saturated heterocycles. The quantitative estimate of drug-likeness (QED) is 0.767. The zero-order chi connectivity index (χ0) is 11.9. The van der Waals surface area contributed by atoms with E-state index in [4.69, 9.17) is 4.74 Å². The van der Waals surface area contributed by atoms with Crippen LogP contribution < -0.4 is 5.32 Å². The van der Waals surface area contributed by atoms with Crippen LogP contribution in [0, 0.1) is 11.8 Å². The molecule has 0 radical (unpaired) electrons. The van der Waals surface area contributed by atoms with E-state index in [1.807, 2.05) is 0 Å². The molecule has 2 aliphatic rings. The van der Waals surface area contributed by atoms with E-state index in [0.29, 0.717) is 0 Å². The van der Waals surface area contributed by atoms with Crippen LogP contribution in [0.4, 0.5) is 0 Å². The van der Waals surface area contributed by atoms with Crippen molar-refractivity contribution in [2.45, 2.75) is 64.3 Å². The second kappa shape index (κ2) is 7.38. The van der Waals surface area contributed by atoms with Crippen molar-refractivity contribution in [3.8, 4) is 0 Å². The Morgan fingerprint density at radius 3 is 2.65 bits per heavy atom. The molecule has 17 heavy (non-hydrogen) atoms. The Morgan fingerprint density at radius 2 is 2.00 bits per heavy atom. The van der Waals surface area contributed by atoms with Gasteiger partial charge in [0.05, 0.1) is 6.61 Å². The average Bonchev–Trinajstić information content (AvgIpc) is 2.89. The van der Waals surface area contributed by atoms with Crippen LogP contribution >= 0.6 is 0 Å². The first-order valence-electron chi connectivity index (χ1n) is 7.71. The van der Waals surface area contributed by atoms with Crippen molar-refractivity contribution in [1.29, 1.82) is 0 Å². The van der Waals surface area contributed by atoms with Crippen molar-refractivity contribution in [1.82, 2.24) is 5.32 Å². The van der Waals surface area contributed by atoms with Gasteiger partial charge in [-0.2, -0.15) is 0 Å². The highest BCUT2D eigenvalue weighted by Crippen LogP contribution is 2.30. The Bertz CT molecular complexity index is 195. The Kier molecular flexibility index (Phi) is 5.79. The Labute approximate surface area is 107 Å². The topological polar surface area (TPSA) is 21.3 Å². The molecule has 0 amide bonds. The van der Waals surface area contributed by atoms with Gasteiger partial charge in [-0.05, 0) is 37.6 Å². The van der Waals surface area contributed by atoms with E-state index in [9.17, 15) is 0 Å².